The molecule has 1 saturated carbocycles. The Morgan fingerprint density at radius 2 is 1.83 bits per heavy atom. The van der Waals surface area contributed by atoms with Crippen molar-refractivity contribution in [3.63, 3.8) is 0 Å². The first-order valence-electron chi connectivity index (χ1n) is 10.6. The third-order valence-electron chi connectivity index (χ3n) is 5.58. The van der Waals surface area contributed by atoms with Gasteiger partial charge in [-0.1, -0.05) is 18.2 Å². The van der Waals surface area contributed by atoms with Crippen LogP contribution in [0.15, 0.2) is 42.5 Å². The van der Waals surface area contributed by atoms with E-state index in [1.807, 2.05) is 49.4 Å². The number of methoxy groups -OCH3 is 1. The van der Waals surface area contributed by atoms with Crippen LogP contribution in [-0.4, -0.2) is 24.9 Å². The minimum Gasteiger partial charge on any atom is -0.497 e. The largest absolute Gasteiger partial charge is 0.497 e. The molecular weight excluding hydrogens is 378 g/mol. The summed E-state index contributed by atoms with van der Waals surface area (Å²) in [6, 6.07) is 13.6. The molecule has 0 saturated heterocycles. The fourth-order valence-electron chi connectivity index (χ4n) is 4.07. The van der Waals surface area contributed by atoms with Gasteiger partial charge in [0.05, 0.1) is 18.9 Å². The first-order chi connectivity index (χ1) is 14.4. The molecule has 30 heavy (non-hydrogen) atoms. The Kier molecular flexibility index (Phi) is 7.50. The van der Waals surface area contributed by atoms with E-state index in [2.05, 4.69) is 5.32 Å². The van der Waals surface area contributed by atoms with E-state index in [4.69, 9.17) is 9.47 Å². The molecule has 0 aliphatic heterocycles. The van der Waals surface area contributed by atoms with Crippen LogP contribution in [0.1, 0.15) is 50.2 Å². The first-order valence-corrected chi connectivity index (χ1v) is 10.6. The third kappa shape index (κ3) is 6.34. The number of carbonyl (C=O) groups is 2. The molecule has 5 nitrogen and oxygen atoms in total. The number of hydrogen-bond acceptors (Lipinski definition) is 4. The van der Waals surface area contributed by atoms with Crippen molar-refractivity contribution in [1.29, 1.82) is 0 Å². The molecule has 0 aromatic heterocycles. The fraction of sp³-hybridized carbons (Fsp3) is 0.440. The van der Waals surface area contributed by atoms with Crippen molar-refractivity contribution >= 4 is 17.4 Å². The molecule has 2 aromatic carbocycles. The highest BCUT2D eigenvalue weighted by Gasteiger charge is 2.25. The number of ether oxygens (including phenoxy) is 2. The van der Waals surface area contributed by atoms with E-state index >= 15 is 0 Å². The number of carbonyl (C=O) groups excluding carboxylic acids is 2. The van der Waals surface area contributed by atoms with Gasteiger partial charge in [0, 0.05) is 19.8 Å². The molecule has 1 N–H and O–H groups in total. The Labute approximate surface area is 178 Å². The van der Waals surface area contributed by atoms with Crippen molar-refractivity contribution in [2.45, 2.75) is 58.5 Å². The quantitative estimate of drug-likeness (QED) is 0.659. The Morgan fingerprint density at radius 3 is 2.53 bits per heavy atom. The zero-order valence-corrected chi connectivity index (χ0v) is 18.1. The molecule has 0 spiro atoms. The maximum atomic E-state index is 12.5. The Bertz CT molecular complexity index is 884. The molecule has 3 rings (SSSR count). The number of rotatable bonds is 8. The lowest BCUT2D eigenvalue weighted by Gasteiger charge is -2.29. The van der Waals surface area contributed by atoms with Gasteiger partial charge in [-0.2, -0.15) is 0 Å². The van der Waals surface area contributed by atoms with Crippen LogP contribution in [0.3, 0.4) is 0 Å². The van der Waals surface area contributed by atoms with Gasteiger partial charge >= 0.3 is 0 Å². The van der Waals surface area contributed by atoms with E-state index < -0.39 is 0 Å². The molecule has 5 heteroatoms. The predicted molar refractivity (Wildman–Crippen MR) is 118 cm³/mol. The summed E-state index contributed by atoms with van der Waals surface area (Å²) >= 11 is 0. The highest BCUT2D eigenvalue weighted by Crippen LogP contribution is 2.33. The van der Waals surface area contributed by atoms with Crippen molar-refractivity contribution < 1.29 is 19.1 Å². The van der Waals surface area contributed by atoms with Crippen LogP contribution < -0.4 is 14.8 Å². The van der Waals surface area contributed by atoms with Gasteiger partial charge < -0.3 is 14.8 Å². The van der Waals surface area contributed by atoms with Gasteiger partial charge in [0.15, 0.2) is 0 Å². The van der Waals surface area contributed by atoms with Crippen LogP contribution >= 0.6 is 0 Å². The number of aryl methyl sites for hydroxylation is 1. The van der Waals surface area contributed by atoms with Gasteiger partial charge in [0.2, 0.25) is 5.91 Å². The SMILES string of the molecule is COc1cccc(CC(=O)CC2CCC(Oc3ccc(C)cc3NC(C)=O)CC2)c1. The lowest BCUT2D eigenvalue weighted by atomic mass is 9.83. The van der Waals surface area contributed by atoms with Gasteiger partial charge in [0.1, 0.15) is 17.3 Å². The average molecular weight is 410 g/mol. The van der Waals surface area contributed by atoms with Crippen molar-refractivity contribution in [2.24, 2.45) is 5.92 Å². The number of Topliss-reactive ketones (excluding diaryl/α,β-unsaturated/α-hetero) is 1. The van der Waals surface area contributed by atoms with E-state index in [1.54, 1.807) is 7.11 Å². The maximum Gasteiger partial charge on any atom is 0.221 e. The van der Waals surface area contributed by atoms with E-state index in [1.165, 1.54) is 6.92 Å². The predicted octanol–water partition coefficient (Wildman–Crippen LogP) is 5.10. The summed E-state index contributed by atoms with van der Waals surface area (Å²) in [6.07, 6.45) is 4.99. The molecule has 1 aliphatic carbocycles. The monoisotopic (exact) mass is 409 g/mol. The van der Waals surface area contributed by atoms with Crippen LogP contribution in [0.5, 0.6) is 11.5 Å². The number of anilines is 1. The van der Waals surface area contributed by atoms with Crippen LogP contribution in [0.2, 0.25) is 0 Å². The van der Waals surface area contributed by atoms with E-state index in [9.17, 15) is 9.59 Å². The normalized spacial score (nSPS) is 18.5. The number of hydrogen-bond donors (Lipinski definition) is 1. The summed E-state index contributed by atoms with van der Waals surface area (Å²) in [5.74, 6) is 2.08. The van der Waals surface area contributed by atoms with Gasteiger partial charge in [-0.05, 0) is 73.9 Å². The summed E-state index contributed by atoms with van der Waals surface area (Å²) in [5.41, 5.74) is 2.80. The zero-order chi connectivity index (χ0) is 21.5. The summed E-state index contributed by atoms with van der Waals surface area (Å²) in [5, 5.41) is 2.85. The Morgan fingerprint density at radius 1 is 1.07 bits per heavy atom. The van der Waals surface area contributed by atoms with Gasteiger partial charge in [-0.15, -0.1) is 0 Å². The number of ketones is 1. The molecular formula is C25H31NO4. The Balaban J connectivity index is 1.49. The van der Waals surface area contributed by atoms with Crippen molar-refractivity contribution in [1.82, 2.24) is 0 Å². The number of amides is 1. The fourth-order valence-corrected chi connectivity index (χ4v) is 4.07. The standard InChI is InChI=1S/C25H31NO4/c1-17-7-12-25(24(13-17)26-18(2)27)30-22-10-8-19(9-11-22)14-21(28)15-20-5-4-6-23(16-20)29-3/h4-7,12-13,16,19,22H,8-11,14-15H2,1-3H3,(H,26,27). The summed E-state index contributed by atoms with van der Waals surface area (Å²) in [6.45, 7) is 3.49. The van der Waals surface area contributed by atoms with Crippen LogP contribution in [0.25, 0.3) is 0 Å². The molecule has 160 valence electrons. The molecule has 0 unspecified atom stereocenters. The van der Waals surface area contributed by atoms with Crippen LogP contribution in [0.4, 0.5) is 5.69 Å². The molecule has 0 atom stereocenters. The maximum absolute atomic E-state index is 12.5. The van der Waals surface area contributed by atoms with Crippen molar-refractivity contribution in [3.05, 3.63) is 53.6 Å². The minimum atomic E-state index is -0.108. The lowest BCUT2D eigenvalue weighted by Crippen LogP contribution is -2.26. The first kappa shape index (κ1) is 21.9. The highest BCUT2D eigenvalue weighted by atomic mass is 16.5. The second-order valence-electron chi connectivity index (χ2n) is 8.21. The molecule has 1 amide bonds. The summed E-state index contributed by atoms with van der Waals surface area (Å²) in [4.78, 5) is 24.0. The number of benzene rings is 2. The summed E-state index contributed by atoms with van der Waals surface area (Å²) < 4.78 is 11.4. The third-order valence-corrected chi connectivity index (χ3v) is 5.58. The minimum absolute atomic E-state index is 0.108. The molecule has 0 heterocycles. The molecule has 0 radical (unpaired) electrons. The number of nitrogens with one attached hydrogen (secondary N) is 1. The zero-order valence-electron chi connectivity index (χ0n) is 18.1. The topological polar surface area (TPSA) is 64.6 Å². The molecule has 0 bridgehead atoms. The van der Waals surface area contributed by atoms with Crippen molar-refractivity contribution in [2.75, 3.05) is 12.4 Å². The average Bonchev–Trinajstić information content (AvgIpc) is 2.71. The second kappa shape index (κ2) is 10.3. The van der Waals surface area contributed by atoms with Gasteiger partial charge in [-0.3, -0.25) is 9.59 Å². The lowest BCUT2D eigenvalue weighted by molar-refractivity contribution is -0.119. The van der Waals surface area contributed by atoms with E-state index in [0.29, 0.717) is 24.5 Å². The Hall–Kier alpha value is -2.82. The molecule has 2 aromatic rings. The van der Waals surface area contributed by atoms with Gasteiger partial charge in [0.25, 0.3) is 0 Å². The summed E-state index contributed by atoms with van der Waals surface area (Å²) in [7, 11) is 1.64. The molecule has 1 aliphatic rings. The second-order valence-corrected chi connectivity index (χ2v) is 8.21. The van der Waals surface area contributed by atoms with E-state index in [-0.39, 0.29) is 17.8 Å². The van der Waals surface area contributed by atoms with Crippen LogP contribution in [-0.2, 0) is 16.0 Å². The van der Waals surface area contributed by atoms with Crippen LogP contribution in [0, 0.1) is 12.8 Å². The van der Waals surface area contributed by atoms with Gasteiger partial charge in [-0.25, -0.2) is 0 Å². The molecule has 1 fully saturated rings. The highest BCUT2D eigenvalue weighted by molar-refractivity contribution is 5.90. The smallest absolute Gasteiger partial charge is 0.221 e. The van der Waals surface area contributed by atoms with Crippen molar-refractivity contribution in [3.8, 4) is 11.5 Å². The van der Waals surface area contributed by atoms with E-state index in [0.717, 1.165) is 48.2 Å².